The summed E-state index contributed by atoms with van der Waals surface area (Å²) in [6.07, 6.45) is 4.57. The van der Waals surface area contributed by atoms with Crippen LogP contribution in [0.1, 0.15) is 32.9 Å². The molecule has 0 fully saturated rings. The average molecular weight is 296 g/mol. The molecule has 0 aliphatic carbocycles. The Balaban J connectivity index is 2.07. The summed E-state index contributed by atoms with van der Waals surface area (Å²) >= 11 is 5.96. The first-order valence-corrected chi connectivity index (χ1v) is 7.25. The van der Waals surface area contributed by atoms with Crippen molar-refractivity contribution >= 4 is 17.2 Å². The van der Waals surface area contributed by atoms with E-state index in [1.54, 1.807) is 0 Å². The van der Waals surface area contributed by atoms with E-state index >= 15 is 0 Å². The van der Waals surface area contributed by atoms with Crippen molar-refractivity contribution in [3.8, 4) is 0 Å². The Morgan fingerprint density at radius 2 is 2.10 bits per heavy atom. The van der Waals surface area contributed by atoms with E-state index in [9.17, 15) is 0 Å². The van der Waals surface area contributed by atoms with E-state index in [0.29, 0.717) is 11.6 Å². The van der Waals surface area contributed by atoms with Crippen molar-refractivity contribution in [1.29, 1.82) is 0 Å². The van der Waals surface area contributed by atoms with Gasteiger partial charge < -0.3 is 14.8 Å². The number of nitrogens with zero attached hydrogens (tertiary/aromatic N) is 2. The Morgan fingerprint density at radius 1 is 1.35 bits per heavy atom. The normalized spacial score (nSPS) is 13.8. The largest absolute Gasteiger partial charge is 0.396 e. The van der Waals surface area contributed by atoms with E-state index in [1.807, 2.05) is 28.9 Å². The van der Waals surface area contributed by atoms with Crippen LogP contribution in [0.15, 0.2) is 24.5 Å². The van der Waals surface area contributed by atoms with E-state index in [-0.39, 0.29) is 18.1 Å². The molecule has 2 heterocycles. The number of hydrogen-bond acceptors (Lipinski definition) is 3. The minimum atomic E-state index is 0.102. The van der Waals surface area contributed by atoms with Crippen LogP contribution in [0, 0.1) is 5.41 Å². The number of aliphatic hydroxyl groups is 1. The van der Waals surface area contributed by atoms with Crippen LogP contribution in [0.3, 0.4) is 0 Å². The summed E-state index contributed by atoms with van der Waals surface area (Å²) < 4.78 is 1.93. The Kier molecular flexibility index (Phi) is 4.68. The third-order valence-corrected chi connectivity index (χ3v) is 3.68. The van der Waals surface area contributed by atoms with Crippen LogP contribution < -0.4 is 5.32 Å². The summed E-state index contributed by atoms with van der Waals surface area (Å²) in [5, 5.41) is 13.3. The first-order valence-electron chi connectivity index (χ1n) is 6.87. The highest BCUT2D eigenvalue weighted by Gasteiger charge is 2.23. The van der Waals surface area contributed by atoms with Crippen LogP contribution in [0.4, 0.5) is 0 Å². The quantitative estimate of drug-likeness (QED) is 0.892. The summed E-state index contributed by atoms with van der Waals surface area (Å²) in [7, 11) is 0. The van der Waals surface area contributed by atoms with Gasteiger partial charge in [0.2, 0.25) is 0 Å². The molecule has 1 atom stereocenters. The first-order chi connectivity index (χ1) is 9.40. The Hall–Kier alpha value is -1.10. The fraction of sp³-hybridized carbons (Fsp3) is 0.533. The molecule has 4 nitrogen and oxygen atoms in total. The maximum absolute atomic E-state index is 9.17. The monoisotopic (exact) mass is 295 g/mol. The lowest BCUT2D eigenvalue weighted by atomic mass is 9.85. The number of aromatic nitrogens is 2. The predicted octanol–water partition coefficient (Wildman–Crippen LogP) is 2.87. The molecule has 0 spiro atoms. The Labute approximate surface area is 124 Å². The van der Waals surface area contributed by atoms with Gasteiger partial charge in [-0.05, 0) is 24.0 Å². The molecule has 2 N–H and O–H groups in total. The molecular weight excluding hydrogens is 274 g/mol. The van der Waals surface area contributed by atoms with Crippen molar-refractivity contribution in [2.45, 2.75) is 39.8 Å². The zero-order valence-electron chi connectivity index (χ0n) is 12.2. The topological polar surface area (TPSA) is 49.6 Å². The SMILES string of the molecule is CC(C)(C)C(CCO)NCc1cn2cc(Cl)ccc2n1. The number of rotatable bonds is 5. The second-order valence-electron chi connectivity index (χ2n) is 6.16. The molecule has 20 heavy (non-hydrogen) atoms. The van der Waals surface area contributed by atoms with Crippen LogP contribution in [-0.2, 0) is 6.54 Å². The van der Waals surface area contributed by atoms with Gasteiger partial charge in [-0.2, -0.15) is 0 Å². The summed E-state index contributed by atoms with van der Waals surface area (Å²) in [4.78, 5) is 4.55. The molecule has 0 amide bonds. The van der Waals surface area contributed by atoms with Gasteiger partial charge in [0, 0.05) is 31.6 Å². The van der Waals surface area contributed by atoms with Crippen molar-refractivity contribution in [2.75, 3.05) is 6.61 Å². The highest BCUT2D eigenvalue weighted by atomic mass is 35.5. The van der Waals surface area contributed by atoms with Crippen molar-refractivity contribution in [3.05, 3.63) is 35.2 Å². The molecule has 0 bridgehead atoms. The van der Waals surface area contributed by atoms with Gasteiger partial charge in [0.15, 0.2) is 0 Å². The van der Waals surface area contributed by atoms with Crippen LogP contribution >= 0.6 is 11.6 Å². The molecule has 2 aromatic heterocycles. The van der Waals surface area contributed by atoms with Crippen molar-refractivity contribution in [2.24, 2.45) is 5.41 Å². The molecule has 5 heteroatoms. The number of hydrogen-bond donors (Lipinski definition) is 2. The van der Waals surface area contributed by atoms with E-state index < -0.39 is 0 Å². The molecule has 0 aromatic carbocycles. The molecule has 0 saturated heterocycles. The van der Waals surface area contributed by atoms with E-state index in [4.69, 9.17) is 16.7 Å². The second-order valence-corrected chi connectivity index (χ2v) is 6.59. The van der Waals surface area contributed by atoms with Gasteiger partial charge >= 0.3 is 0 Å². The fourth-order valence-corrected chi connectivity index (χ4v) is 2.47. The second kappa shape index (κ2) is 6.12. The number of aliphatic hydroxyl groups excluding tert-OH is 1. The third kappa shape index (κ3) is 3.72. The zero-order valence-corrected chi connectivity index (χ0v) is 13.0. The summed E-state index contributed by atoms with van der Waals surface area (Å²) in [6.45, 7) is 7.38. The predicted molar refractivity (Wildman–Crippen MR) is 82.0 cm³/mol. The number of halogens is 1. The number of imidazole rings is 1. The van der Waals surface area contributed by atoms with Crippen molar-refractivity contribution in [3.63, 3.8) is 0 Å². The van der Waals surface area contributed by atoms with Crippen molar-refractivity contribution < 1.29 is 5.11 Å². The number of fused-ring (bicyclic) bond motifs is 1. The van der Waals surface area contributed by atoms with Gasteiger partial charge in [0.05, 0.1) is 10.7 Å². The van der Waals surface area contributed by atoms with Gasteiger partial charge in [-0.1, -0.05) is 32.4 Å². The van der Waals surface area contributed by atoms with Crippen molar-refractivity contribution in [1.82, 2.24) is 14.7 Å². The standard InChI is InChI=1S/C15H22ClN3O/c1-15(2,3)13(6-7-20)17-8-12-10-19-9-11(16)4-5-14(19)18-12/h4-5,9-10,13,17,20H,6-8H2,1-3H3. The molecule has 110 valence electrons. The fourth-order valence-electron chi connectivity index (χ4n) is 2.30. The van der Waals surface area contributed by atoms with Crippen LogP contribution in [0.5, 0.6) is 0 Å². The average Bonchev–Trinajstić information content (AvgIpc) is 2.74. The lowest BCUT2D eigenvalue weighted by molar-refractivity contribution is 0.196. The maximum Gasteiger partial charge on any atom is 0.137 e. The van der Waals surface area contributed by atoms with E-state index in [1.165, 1.54) is 0 Å². The molecule has 0 radical (unpaired) electrons. The Morgan fingerprint density at radius 3 is 2.75 bits per heavy atom. The van der Waals surface area contributed by atoms with Gasteiger partial charge in [-0.15, -0.1) is 0 Å². The van der Waals surface area contributed by atoms with E-state index in [0.717, 1.165) is 17.8 Å². The van der Waals surface area contributed by atoms with Gasteiger partial charge in [-0.25, -0.2) is 4.98 Å². The summed E-state index contributed by atoms with van der Waals surface area (Å²) in [5.41, 5.74) is 1.96. The lowest BCUT2D eigenvalue weighted by Crippen LogP contribution is -2.40. The molecule has 0 aliphatic heterocycles. The zero-order chi connectivity index (χ0) is 14.8. The highest BCUT2D eigenvalue weighted by Crippen LogP contribution is 2.22. The molecule has 0 aliphatic rings. The minimum absolute atomic E-state index is 0.102. The summed E-state index contributed by atoms with van der Waals surface area (Å²) in [6, 6.07) is 3.99. The Bertz CT molecular complexity index is 574. The molecule has 1 unspecified atom stereocenters. The molecule has 2 aromatic rings. The van der Waals surface area contributed by atoms with Gasteiger partial charge in [0.1, 0.15) is 5.65 Å². The molecular formula is C15H22ClN3O. The summed E-state index contributed by atoms with van der Waals surface area (Å²) in [5.74, 6) is 0. The molecule has 0 saturated carbocycles. The number of nitrogens with one attached hydrogen (secondary N) is 1. The van der Waals surface area contributed by atoms with Crippen LogP contribution in [0.25, 0.3) is 5.65 Å². The van der Waals surface area contributed by atoms with Crippen LogP contribution in [-0.4, -0.2) is 27.1 Å². The number of pyridine rings is 1. The van der Waals surface area contributed by atoms with Crippen LogP contribution in [0.2, 0.25) is 5.02 Å². The minimum Gasteiger partial charge on any atom is -0.396 e. The van der Waals surface area contributed by atoms with Gasteiger partial charge in [0.25, 0.3) is 0 Å². The highest BCUT2D eigenvalue weighted by molar-refractivity contribution is 6.30. The maximum atomic E-state index is 9.17. The molecule has 2 rings (SSSR count). The van der Waals surface area contributed by atoms with Gasteiger partial charge in [-0.3, -0.25) is 0 Å². The lowest BCUT2D eigenvalue weighted by Gasteiger charge is -2.31. The first kappa shape index (κ1) is 15.3. The smallest absolute Gasteiger partial charge is 0.137 e. The van der Waals surface area contributed by atoms with E-state index in [2.05, 4.69) is 31.1 Å². The third-order valence-electron chi connectivity index (χ3n) is 3.46.